The first-order valence-electron chi connectivity index (χ1n) is 11.3. The summed E-state index contributed by atoms with van der Waals surface area (Å²) < 4.78 is 12.0. The number of aliphatic hydroxyl groups excluding tert-OH is 1. The Hall–Kier alpha value is -3.24. The van der Waals surface area contributed by atoms with E-state index in [-0.39, 0.29) is 6.61 Å². The lowest BCUT2D eigenvalue weighted by molar-refractivity contribution is -0.0375. The van der Waals surface area contributed by atoms with Crippen LogP contribution in [-0.2, 0) is 28.1 Å². The second-order valence-corrected chi connectivity index (χ2v) is 8.20. The third-order valence-corrected chi connectivity index (χ3v) is 5.81. The third-order valence-electron chi connectivity index (χ3n) is 5.81. The molecule has 0 bridgehead atoms. The Balaban J connectivity index is 1.66. The predicted octanol–water partition coefficient (Wildman–Crippen LogP) is 5.75. The summed E-state index contributed by atoms with van der Waals surface area (Å²) in [5.74, 6) is 0. The molecule has 0 heterocycles. The van der Waals surface area contributed by atoms with Crippen LogP contribution in [0, 0.1) is 0 Å². The van der Waals surface area contributed by atoms with E-state index in [1.54, 1.807) is 7.11 Å². The van der Waals surface area contributed by atoms with Crippen LogP contribution in [0.25, 0.3) is 0 Å². The molecule has 4 aromatic carbocycles. The summed E-state index contributed by atoms with van der Waals surface area (Å²) in [4.78, 5) is 0. The molecule has 1 atom stereocenters. The Labute approximate surface area is 196 Å². The van der Waals surface area contributed by atoms with Gasteiger partial charge in [0.2, 0.25) is 0 Å². The first-order valence-corrected chi connectivity index (χ1v) is 11.3. The zero-order valence-electron chi connectivity index (χ0n) is 18.9. The van der Waals surface area contributed by atoms with Crippen LogP contribution in [0.2, 0.25) is 0 Å². The smallest absolute Gasteiger partial charge is 0.143 e. The molecular weight excluding hydrogens is 408 g/mol. The van der Waals surface area contributed by atoms with E-state index in [0.717, 1.165) is 27.8 Å². The molecule has 4 rings (SSSR count). The second-order valence-electron chi connectivity index (χ2n) is 8.20. The van der Waals surface area contributed by atoms with Gasteiger partial charge in [-0.05, 0) is 27.8 Å². The lowest BCUT2D eigenvalue weighted by Crippen LogP contribution is -2.36. The van der Waals surface area contributed by atoms with Gasteiger partial charge in [0, 0.05) is 13.5 Å². The minimum Gasteiger partial charge on any atom is -0.390 e. The average Bonchev–Trinajstić information content (AvgIpc) is 2.87. The Morgan fingerprint density at radius 1 is 0.667 bits per heavy atom. The molecule has 0 aliphatic carbocycles. The molecule has 3 heteroatoms. The van der Waals surface area contributed by atoms with E-state index in [2.05, 4.69) is 42.5 Å². The quantitative estimate of drug-likeness (QED) is 0.321. The SMILES string of the molecule is COCc1cccc(C[C@H](O)COC(c2ccccc2)(c2ccccc2)c2ccccc2)c1. The van der Waals surface area contributed by atoms with Crippen LogP contribution in [0.4, 0.5) is 0 Å². The molecule has 168 valence electrons. The molecule has 0 fully saturated rings. The molecule has 0 radical (unpaired) electrons. The number of hydrogen-bond donors (Lipinski definition) is 1. The van der Waals surface area contributed by atoms with Crippen LogP contribution in [-0.4, -0.2) is 24.9 Å². The van der Waals surface area contributed by atoms with Gasteiger partial charge in [0.05, 0.1) is 19.3 Å². The fourth-order valence-electron chi connectivity index (χ4n) is 4.33. The second kappa shape index (κ2) is 11.1. The molecule has 0 amide bonds. The van der Waals surface area contributed by atoms with Gasteiger partial charge in [0.15, 0.2) is 0 Å². The molecule has 0 saturated heterocycles. The lowest BCUT2D eigenvalue weighted by Gasteiger charge is -2.36. The number of rotatable bonds is 10. The lowest BCUT2D eigenvalue weighted by atomic mass is 9.80. The summed E-state index contributed by atoms with van der Waals surface area (Å²) in [6.07, 6.45) is -0.148. The standard InChI is InChI=1S/C30H30O3/c1-32-22-25-13-11-12-24(20-25)21-29(31)23-33-30(26-14-5-2-6-15-26,27-16-7-3-8-17-27)28-18-9-4-10-19-28/h2-20,29,31H,21-23H2,1H3/t29-/m0/s1. The van der Waals surface area contributed by atoms with E-state index in [4.69, 9.17) is 9.47 Å². The molecule has 0 aliphatic rings. The summed E-state index contributed by atoms with van der Waals surface area (Å²) in [7, 11) is 1.69. The van der Waals surface area contributed by atoms with Crippen molar-refractivity contribution in [3.05, 3.63) is 143 Å². The normalized spacial score (nSPS) is 12.4. The maximum absolute atomic E-state index is 11.0. The Kier molecular flexibility index (Phi) is 7.69. The highest BCUT2D eigenvalue weighted by molar-refractivity contribution is 5.47. The Bertz CT molecular complexity index is 1010. The van der Waals surface area contributed by atoms with Crippen LogP contribution in [0.1, 0.15) is 27.8 Å². The van der Waals surface area contributed by atoms with Gasteiger partial charge in [-0.15, -0.1) is 0 Å². The highest BCUT2D eigenvalue weighted by Gasteiger charge is 2.38. The van der Waals surface area contributed by atoms with Crippen molar-refractivity contribution in [3.8, 4) is 0 Å². The first-order chi connectivity index (χ1) is 16.2. The maximum atomic E-state index is 11.0. The highest BCUT2D eigenvalue weighted by atomic mass is 16.5. The monoisotopic (exact) mass is 438 g/mol. The van der Waals surface area contributed by atoms with Crippen molar-refractivity contribution in [3.63, 3.8) is 0 Å². The van der Waals surface area contributed by atoms with Gasteiger partial charge in [-0.2, -0.15) is 0 Å². The van der Waals surface area contributed by atoms with Gasteiger partial charge in [0.1, 0.15) is 5.60 Å². The van der Waals surface area contributed by atoms with Gasteiger partial charge >= 0.3 is 0 Å². The molecule has 4 aromatic rings. The molecule has 0 aromatic heterocycles. The zero-order chi connectivity index (χ0) is 22.9. The van der Waals surface area contributed by atoms with Crippen molar-refractivity contribution in [2.75, 3.05) is 13.7 Å². The number of methoxy groups -OCH3 is 1. The van der Waals surface area contributed by atoms with Crippen LogP contribution in [0.5, 0.6) is 0 Å². The molecule has 3 nitrogen and oxygen atoms in total. The topological polar surface area (TPSA) is 38.7 Å². The molecule has 0 spiro atoms. The van der Waals surface area contributed by atoms with Crippen LogP contribution in [0.15, 0.2) is 115 Å². The zero-order valence-corrected chi connectivity index (χ0v) is 18.9. The van der Waals surface area contributed by atoms with E-state index >= 15 is 0 Å². The van der Waals surface area contributed by atoms with Gasteiger partial charge in [-0.1, -0.05) is 115 Å². The minimum absolute atomic E-state index is 0.188. The number of aliphatic hydroxyl groups is 1. The summed E-state index contributed by atoms with van der Waals surface area (Å²) in [5.41, 5.74) is 4.40. The Morgan fingerprint density at radius 3 is 1.64 bits per heavy atom. The van der Waals surface area contributed by atoms with Crippen LogP contribution >= 0.6 is 0 Å². The summed E-state index contributed by atoms with van der Waals surface area (Å²) in [6.45, 7) is 0.743. The van der Waals surface area contributed by atoms with Crippen molar-refractivity contribution < 1.29 is 14.6 Å². The number of ether oxygens (including phenoxy) is 2. The molecule has 0 aliphatic heterocycles. The number of hydrogen-bond acceptors (Lipinski definition) is 3. The first kappa shape index (κ1) is 22.9. The van der Waals surface area contributed by atoms with Gasteiger partial charge in [0.25, 0.3) is 0 Å². The van der Waals surface area contributed by atoms with Crippen molar-refractivity contribution in [2.45, 2.75) is 24.7 Å². The largest absolute Gasteiger partial charge is 0.390 e. The van der Waals surface area contributed by atoms with Gasteiger partial charge < -0.3 is 14.6 Å². The molecule has 0 saturated carbocycles. The van der Waals surface area contributed by atoms with E-state index < -0.39 is 11.7 Å². The van der Waals surface area contributed by atoms with Gasteiger partial charge in [-0.25, -0.2) is 0 Å². The fraction of sp³-hybridized carbons (Fsp3) is 0.200. The van der Waals surface area contributed by atoms with Gasteiger partial charge in [-0.3, -0.25) is 0 Å². The van der Waals surface area contributed by atoms with Crippen LogP contribution in [0.3, 0.4) is 0 Å². The van der Waals surface area contributed by atoms with E-state index in [0.29, 0.717) is 13.0 Å². The molecule has 0 unspecified atom stereocenters. The highest BCUT2D eigenvalue weighted by Crippen LogP contribution is 2.40. The van der Waals surface area contributed by atoms with E-state index in [1.807, 2.05) is 72.8 Å². The Morgan fingerprint density at radius 2 is 1.15 bits per heavy atom. The van der Waals surface area contributed by atoms with E-state index in [1.165, 1.54) is 0 Å². The van der Waals surface area contributed by atoms with Crippen molar-refractivity contribution in [1.29, 1.82) is 0 Å². The summed E-state index contributed by atoms with van der Waals surface area (Å²) in [5, 5.41) is 11.0. The van der Waals surface area contributed by atoms with Crippen LogP contribution < -0.4 is 0 Å². The fourth-order valence-corrected chi connectivity index (χ4v) is 4.33. The summed E-state index contributed by atoms with van der Waals surface area (Å²) in [6, 6.07) is 38.8. The summed E-state index contributed by atoms with van der Waals surface area (Å²) >= 11 is 0. The van der Waals surface area contributed by atoms with Crippen molar-refractivity contribution in [1.82, 2.24) is 0 Å². The third kappa shape index (κ3) is 5.40. The van der Waals surface area contributed by atoms with E-state index in [9.17, 15) is 5.11 Å². The van der Waals surface area contributed by atoms with Crippen molar-refractivity contribution >= 4 is 0 Å². The number of benzene rings is 4. The molecule has 1 N–H and O–H groups in total. The maximum Gasteiger partial charge on any atom is 0.143 e. The molecular formula is C30H30O3. The molecule has 33 heavy (non-hydrogen) atoms. The minimum atomic E-state index is -0.831. The van der Waals surface area contributed by atoms with Crippen molar-refractivity contribution in [2.24, 2.45) is 0 Å². The predicted molar refractivity (Wildman–Crippen MR) is 132 cm³/mol. The average molecular weight is 439 g/mol.